The van der Waals surface area contributed by atoms with Gasteiger partial charge in [0.05, 0.1) is 0 Å². The first-order valence-corrected chi connectivity index (χ1v) is 7.75. The fourth-order valence-corrected chi connectivity index (χ4v) is 4.06. The van der Waals surface area contributed by atoms with Crippen molar-refractivity contribution in [2.75, 3.05) is 20.1 Å². The predicted molar refractivity (Wildman–Crippen MR) is 80.0 cm³/mol. The van der Waals surface area contributed by atoms with Crippen molar-refractivity contribution in [2.45, 2.75) is 45.2 Å². The van der Waals surface area contributed by atoms with Crippen LogP contribution in [0.25, 0.3) is 0 Å². The van der Waals surface area contributed by atoms with E-state index in [1.165, 1.54) is 56.3 Å². The molecular formula is C17H26N2. The van der Waals surface area contributed by atoms with Gasteiger partial charge in [0, 0.05) is 26.2 Å². The molecule has 1 heterocycles. The van der Waals surface area contributed by atoms with Crippen LogP contribution in [-0.2, 0) is 13.1 Å². The van der Waals surface area contributed by atoms with Crippen LogP contribution in [0.4, 0.5) is 0 Å². The Balaban J connectivity index is 1.67. The number of benzene rings is 1. The van der Waals surface area contributed by atoms with E-state index in [4.69, 9.17) is 0 Å². The Kier molecular flexibility index (Phi) is 3.90. The SMILES string of the molecule is CNCC1(CN2Cc3ccccc3C2)CCCCC1. The van der Waals surface area contributed by atoms with E-state index in [2.05, 4.69) is 41.5 Å². The van der Waals surface area contributed by atoms with Crippen LogP contribution in [0.3, 0.4) is 0 Å². The Bertz CT molecular complexity index is 391. The number of rotatable bonds is 4. The molecule has 0 saturated heterocycles. The minimum absolute atomic E-state index is 0.523. The second-order valence-electron chi connectivity index (χ2n) is 6.50. The Hall–Kier alpha value is -0.860. The molecule has 2 heteroatoms. The number of hydrogen-bond acceptors (Lipinski definition) is 2. The summed E-state index contributed by atoms with van der Waals surface area (Å²) >= 11 is 0. The first-order chi connectivity index (χ1) is 9.31. The molecule has 1 N–H and O–H groups in total. The van der Waals surface area contributed by atoms with Crippen molar-refractivity contribution in [2.24, 2.45) is 5.41 Å². The second-order valence-corrected chi connectivity index (χ2v) is 6.50. The van der Waals surface area contributed by atoms with Gasteiger partial charge in [-0.05, 0) is 36.4 Å². The molecule has 0 spiro atoms. The van der Waals surface area contributed by atoms with Gasteiger partial charge in [0.25, 0.3) is 0 Å². The third-order valence-electron chi connectivity index (χ3n) is 4.93. The lowest BCUT2D eigenvalue weighted by atomic mass is 9.73. The zero-order valence-electron chi connectivity index (χ0n) is 12.1. The maximum atomic E-state index is 3.45. The van der Waals surface area contributed by atoms with Crippen LogP contribution in [0.1, 0.15) is 43.2 Å². The fraction of sp³-hybridized carbons (Fsp3) is 0.647. The van der Waals surface area contributed by atoms with E-state index in [0.29, 0.717) is 5.41 Å². The maximum absolute atomic E-state index is 3.45. The first-order valence-electron chi connectivity index (χ1n) is 7.75. The van der Waals surface area contributed by atoms with Gasteiger partial charge in [-0.2, -0.15) is 0 Å². The first kappa shape index (κ1) is 13.1. The molecular weight excluding hydrogens is 232 g/mol. The molecule has 1 aliphatic carbocycles. The molecule has 0 unspecified atom stereocenters. The van der Waals surface area contributed by atoms with Gasteiger partial charge in [0.15, 0.2) is 0 Å². The summed E-state index contributed by atoms with van der Waals surface area (Å²) in [5, 5.41) is 3.45. The lowest BCUT2D eigenvalue weighted by Crippen LogP contribution is -2.43. The van der Waals surface area contributed by atoms with Crippen LogP contribution < -0.4 is 5.32 Å². The van der Waals surface area contributed by atoms with Crippen molar-refractivity contribution in [3.8, 4) is 0 Å². The van der Waals surface area contributed by atoms with Crippen LogP contribution in [0, 0.1) is 5.41 Å². The lowest BCUT2D eigenvalue weighted by molar-refractivity contribution is 0.103. The smallest absolute Gasteiger partial charge is 0.0240 e. The highest BCUT2D eigenvalue weighted by molar-refractivity contribution is 5.30. The van der Waals surface area contributed by atoms with E-state index in [-0.39, 0.29) is 0 Å². The predicted octanol–water partition coefficient (Wildman–Crippen LogP) is 3.17. The largest absolute Gasteiger partial charge is 0.319 e. The van der Waals surface area contributed by atoms with E-state index in [9.17, 15) is 0 Å². The summed E-state index contributed by atoms with van der Waals surface area (Å²) in [6.45, 7) is 4.76. The molecule has 1 fully saturated rings. The van der Waals surface area contributed by atoms with Gasteiger partial charge in [0.2, 0.25) is 0 Å². The summed E-state index contributed by atoms with van der Waals surface area (Å²) in [7, 11) is 2.11. The van der Waals surface area contributed by atoms with E-state index < -0.39 is 0 Å². The van der Waals surface area contributed by atoms with Gasteiger partial charge in [-0.3, -0.25) is 4.90 Å². The summed E-state index contributed by atoms with van der Waals surface area (Å²) in [4.78, 5) is 2.66. The van der Waals surface area contributed by atoms with Crippen molar-refractivity contribution in [3.05, 3.63) is 35.4 Å². The molecule has 0 aromatic heterocycles. The summed E-state index contributed by atoms with van der Waals surface area (Å²) in [6.07, 6.45) is 7.08. The number of hydrogen-bond donors (Lipinski definition) is 1. The zero-order chi connectivity index (χ0) is 13.1. The molecule has 0 bridgehead atoms. The monoisotopic (exact) mass is 258 g/mol. The van der Waals surface area contributed by atoms with Crippen LogP contribution in [0.2, 0.25) is 0 Å². The molecule has 1 aromatic carbocycles. The Morgan fingerprint density at radius 2 is 1.68 bits per heavy atom. The summed E-state index contributed by atoms with van der Waals surface area (Å²) in [5.74, 6) is 0. The molecule has 2 nitrogen and oxygen atoms in total. The summed E-state index contributed by atoms with van der Waals surface area (Å²) < 4.78 is 0. The zero-order valence-corrected chi connectivity index (χ0v) is 12.1. The molecule has 1 saturated carbocycles. The van der Waals surface area contributed by atoms with Gasteiger partial charge in [0.1, 0.15) is 0 Å². The third kappa shape index (κ3) is 2.85. The topological polar surface area (TPSA) is 15.3 Å². The van der Waals surface area contributed by atoms with E-state index in [1.54, 1.807) is 0 Å². The molecule has 1 aliphatic heterocycles. The molecule has 0 atom stereocenters. The maximum Gasteiger partial charge on any atom is 0.0240 e. The van der Waals surface area contributed by atoms with Crippen molar-refractivity contribution < 1.29 is 0 Å². The average Bonchev–Trinajstić information content (AvgIpc) is 2.81. The van der Waals surface area contributed by atoms with Crippen LogP contribution in [0.5, 0.6) is 0 Å². The minimum atomic E-state index is 0.523. The highest BCUT2D eigenvalue weighted by Crippen LogP contribution is 2.38. The summed E-state index contributed by atoms with van der Waals surface area (Å²) in [6, 6.07) is 8.93. The highest BCUT2D eigenvalue weighted by Gasteiger charge is 2.34. The van der Waals surface area contributed by atoms with Gasteiger partial charge in [-0.15, -0.1) is 0 Å². The molecule has 1 aromatic rings. The lowest BCUT2D eigenvalue weighted by Gasteiger charge is -2.40. The highest BCUT2D eigenvalue weighted by atomic mass is 15.1. The number of nitrogens with zero attached hydrogens (tertiary/aromatic N) is 1. The number of fused-ring (bicyclic) bond motifs is 1. The van der Waals surface area contributed by atoms with Crippen LogP contribution in [0.15, 0.2) is 24.3 Å². The second kappa shape index (κ2) is 5.64. The van der Waals surface area contributed by atoms with Gasteiger partial charge in [-0.25, -0.2) is 0 Å². The van der Waals surface area contributed by atoms with Gasteiger partial charge in [-0.1, -0.05) is 43.5 Å². The molecule has 104 valence electrons. The van der Waals surface area contributed by atoms with Crippen molar-refractivity contribution in [1.82, 2.24) is 10.2 Å². The molecule has 0 radical (unpaired) electrons. The molecule has 3 rings (SSSR count). The fourth-order valence-electron chi connectivity index (χ4n) is 4.06. The molecule has 2 aliphatic rings. The van der Waals surface area contributed by atoms with Gasteiger partial charge >= 0.3 is 0 Å². The van der Waals surface area contributed by atoms with Crippen molar-refractivity contribution >= 4 is 0 Å². The molecule has 0 amide bonds. The average molecular weight is 258 g/mol. The van der Waals surface area contributed by atoms with Crippen molar-refractivity contribution in [1.29, 1.82) is 0 Å². The van der Waals surface area contributed by atoms with E-state index in [0.717, 1.165) is 13.1 Å². The normalized spacial score (nSPS) is 22.4. The van der Waals surface area contributed by atoms with Gasteiger partial charge < -0.3 is 5.32 Å². The Labute approximate surface area is 117 Å². The van der Waals surface area contributed by atoms with Crippen LogP contribution in [-0.4, -0.2) is 25.0 Å². The van der Waals surface area contributed by atoms with E-state index in [1.807, 2.05) is 0 Å². The summed E-state index contributed by atoms with van der Waals surface area (Å²) in [5.41, 5.74) is 3.60. The Morgan fingerprint density at radius 1 is 1.05 bits per heavy atom. The minimum Gasteiger partial charge on any atom is -0.319 e. The van der Waals surface area contributed by atoms with E-state index >= 15 is 0 Å². The van der Waals surface area contributed by atoms with Crippen molar-refractivity contribution in [3.63, 3.8) is 0 Å². The Morgan fingerprint density at radius 3 is 2.26 bits per heavy atom. The number of nitrogens with one attached hydrogen (secondary N) is 1. The standard InChI is InChI=1S/C17H26N2/c1-18-13-17(9-5-2-6-10-17)14-19-11-15-7-3-4-8-16(15)12-19/h3-4,7-8,18H,2,5-6,9-14H2,1H3. The quantitative estimate of drug-likeness (QED) is 0.892. The van der Waals surface area contributed by atoms with Crippen LogP contribution >= 0.6 is 0 Å². The third-order valence-corrected chi connectivity index (χ3v) is 4.93. The molecule has 19 heavy (non-hydrogen) atoms.